The van der Waals surface area contributed by atoms with E-state index in [1.807, 2.05) is 31.2 Å². The molecule has 2 N–H and O–H groups in total. The molecule has 2 heteroatoms. The molecule has 0 unspecified atom stereocenters. The molecule has 0 spiro atoms. The molecule has 0 aromatic heterocycles. The van der Waals surface area contributed by atoms with E-state index in [2.05, 4.69) is 6.58 Å². The monoisotopic (exact) mass is 210 g/mol. The van der Waals surface area contributed by atoms with E-state index in [4.69, 9.17) is 0 Å². The highest BCUT2D eigenvalue weighted by atomic mass is 16.3. The molecule has 0 aliphatic rings. The highest BCUT2D eigenvalue weighted by Gasteiger charge is 2.13. The molecule has 0 aliphatic carbocycles. The summed E-state index contributed by atoms with van der Waals surface area (Å²) in [6, 6.07) is 0. The molecule has 2 atom stereocenters. The lowest BCUT2D eigenvalue weighted by Gasteiger charge is -2.16. The maximum Gasteiger partial charge on any atom is 0.0802 e. The van der Waals surface area contributed by atoms with Crippen LogP contribution in [0.5, 0.6) is 0 Å². The van der Waals surface area contributed by atoms with Crippen molar-refractivity contribution in [3.8, 4) is 0 Å². The van der Waals surface area contributed by atoms with Crippen molar-refractivity contribution in [2.24, 2.45) is 0 Å². The highest BCUT2D eigenvalue weighted by Crippen LogP contribution is 2.09. The minimum atomic E-state index is -0.621. The summed E-state index contributed by atoms with van der Waals surface area (Å²) < 4.78 is 0. The summed E-state index contributed by atoms with van der Waals surface area (Å²) >= 11 is 0. The van der Waals surface area contributed by atoms with Gasteiger partial charge in [-0.2, -0.15) is 0 Å². The van der Waals surface area contributed by atoms with Crippen LogP contribution in [-0.4, -0.2) is 22.4 Å². The second-order valence-corrected chi connectivity index (χ2v) is 3.52. The summed E-state index contributed by atoms with van der Waals surface area (Å²) in [4.78, 5) is 0. The van der Waals surface area contributed by atoms with Crippen LogP contribution in [0.25, 0.3) is 0 Å². The Morgan fingerprint density at radius 3 is 2.07 bits per heavy atom. The average molecular weight is 210 g/mol. The molecule has 2 nitrogen and oxygen atoms in total. The molecule has 0 fully saturated rings. The maximum atomic E-state index is 9.58. The molecule has 0 heterocycles. The van der Waals surface area contributed by atoms with E-state index in [0.29, 0.717) is 12.8 Å². The van der Waals surface area contributed by atoms with Crippen LogP contribution in [0.4, 0.5) is 0 Å². The summed E-state index contributed by atoms with van der Waals surface area (Å²) in [7, 11) is 0. The van der Waals surface area contributed by atoms with Gasteiger partial charge in [-0.1, -0.05) is 37.0 Å². The van der Waals surface area contributed by atoms with Crippen molar-refractivity contribution in [2.75, 3.05) is 0 Å². The fourth-order valence-corrected chi connectivity index (χ4v) is 1.28. The molecule has 0 saturated heterocycles. The second kappa shape index (κ2) is 9.69. The van der Waals surface area contributed by atoms with Gasteiger partial charge in [0, 0.05) is 0 Å². The third kappa shape index (κ3) is 8.16. The van der Waals surface area contributed by atoms with Crippen molar-refractivity contribution in [3.63, 3.8) is 0 Å². The second-order valence-electron chi connectivity index (χ2n) is 3.52. The van der Waals surface area contributed by atoms with E-state index in [1.54, 1.807) is 6.08 Å². The number of hydrogen-bond donors (Lipinski definition) is 2. The molecule has 0 aromatic carbocycles. The topological polar surface area (TPSA) is 40.5 Å². The van der Waals surface area contributed by atoms with Gasteiger partial charge in [-0.25, -0.2) is 0 Å². The minimum absolute atomic E-state index is 0.599. The van der Waals surface area contributed by atoms with E-state index in [1.165, 1.54) is 0 Å². The van der Waals surface area contributed by atoms with Crippen molar-refractivity contribution in [2.45, 2.75) is 44.8 Å². The van der Waals surface area contributed by atoms with Crippen LogP contribution in [0.3, 0.4) is 0 Å². The fourth-order valence-electron chi connectivity index (χ4n) is 1.28. The Labute approximate surface area is 92.6 Å². The molecule has 86 valence electrons. The van der Waals surface area contributed by atoms with Gasteiger partial charge in [0.05, 0.1) is 12.2 Å². The molecule has 15 heavy (non-hydrogen) atoms. The summed E-state index contributed by atoms with van der Waals surface area (Å²) in [5, 5.41) is 19.2. The van der Waals surface area contributed by atoms with Gasteiger partial charge in [0.2, 0.25) is 0 Å². The first-order valence-corrected chi connectivity index (χ1v) is 5.47. The number of allylic oxidation sites excluding steroid dienone is 5. The van der Waals surface area contributed by atoms with Crippen molar-refractivity contribution in [1.82, 2.24) is 0 Å². The molecule has 0 bridgehead atoms. The maximum absolute atomic E-state index is 9.58. The van der Waals surface area contributed by atoms with Crippen molar-refractivity contribution >= 4 is 0 Å². The lowest BCUT2D eigenvalue weighted by atomic mass is 10.0. The summed E-state index contributed by atoms with van der Waals surface area (Å²) in [5.74, 6) is 0. The van der Waals surface area contributed by atoms with E-state index < -0.39 is 12.2 Å². The van der Waals surface area contributed by atoms with Gasteiger partial charge >= 0.3 is 0 Å². The number of hydrogen-bond acceptors (Lipinski definition) is 2. The lowest BCUT2D eigenvalue weighted by molar-refractivity contribution is 0.0111. The zero-order valence-electron chi connectivity index (χ0n) is 9.47. The molecule has 0 saturated carbocycles. The van der Waals surface area contributed by atoms with Gasteiger partial charge in [-0.3, -0.25) is 0 Å². The standard InChI is InChI=1S/C13H22O2/c1-3-5-7-9-11-13(15)12(14)10-8-6-4-2/h3-7,12-15H,1,8-11H2,2H3/b6-4+,7-5+/t12-,13+/m0/s1. The van der Waals surface area contributed by atoms with Gasteiger partial charge in [-0.15, -0.1) is 0 Å². The third-order valence-electron chi connectivity index (χ3n) is 2.21. The highest BCUT2D eigenvalue weighted by molar-refractivity contribution is 4.97. The third-order valence-corrected chi connectivity index (χ3v) is 2.21. The molecule has 0 amide bonds. The first-order valence-electron chi connectivity index (χ1n) is 5.47. The Balaban J connectivity index is 3.63. The smallest absolute Gasteiger partial charge is 0.0802 e. The van der Waals surface area contributed by atoms with Crippen LogP contribution in [0.15, 0.2) is 37.0 Å². The Kier molecular flexibility index (Phi) is 9.13. The first-order chi connectivity index (χ1) is 7.22. The van der Waals surface area contributed by atoms with Gasteiger partial charge < -0.3 is 10.2 Å². The predicted octanol–water partition coefficient (Wildman–Crippen LogP) is 2.59. The van der Waals surface area contributed by atoms with Crippen LogP contribution < -0.4 is 0 Å². The minimum Gasteiger partial charge on any atom is -0.390 e. The van der Waals surface area contributed by atoms with E-state index in [0.717, 1.165) is 12.8 Å². The zero-order valence-corrected chi connectivity index (χ0v) is 9.47. The predicted molar refractivity (Wildman–Crippen MR) is 64.6 cm³/mol. The summed E-state index contributed by atoms with van der Waals surface area (Å²) in [6.45, 7) is 5.50. The first kappa shape index (κ1) is 14.1. The normalized spacial score (nSPS) is 15.9. The van der Waals surface area contributed by atoms with Gasteiger partial charge in [0.1, 0.15) is 0 Å². The van der Waals surface area contributed by atoms with Gasteiger partial charge in [-0.05, 0) is 32.6 Å². The van der Waals surface area contributed by atoms with Crippen molar-refractivity contribution < 1.29 is 10.2 Å². The zero-order chi connectivity index (χ0) is 11.5. The molecule has 0 rings (SSSR count). The van der Waals surface area contributed by atoms with Crippen LogP contribution in [-0.2, 0) is 0 Å². The Morgan fingerprint density at radius 1 is 1.07 bits per heavy atom. The SMILES string of the molecule is C=C/C=C/CC[C@@H](O)[C@@H](O)CC/C=C/C. The quantitative estimate of drug-likeness (QED) is 0.477. The average Bonchev–Trinajstić information content (AvgIpc) is 2.24. The summed E-state index contributed by atoms with van der Waals surface area (Å²) in [6.07, 6.45) is 11.0. The van der Waals surface area contributed by atoms with Crippen LogP contribution in [0.2, 0.25) is 0 Å². The van der Waals surface area contributed by atoms with Crippen LogP contribution in [0.1, 0.15) is 32.6 Å². The van der Waals surface area contributed by atoms with Crippen molar-refractivity contribution in [1.29, 1.82) is 0 Å². The molecule has 0 aliphatic heterocycles. The van der Waals surface area contributed by atoms with E-state index in [-0.39, 0.29) is 0 Å². The Hall–Kier alpha value is -0.860. The number of aliphatic hydroxyl groups excluding tert-OH is 2. The lowest BCUT2D eigenvalue weighted by Crippen LogP contribution is -2.25. The molecular formula is C13H22O2. The van der Waals surface area contributed by atoms with E-state index in [9.17, 15) is 10.2 Å². The molecule has 0 radical (unpaired) electrons. The largest absolute Gasteiger partial charge is 0.390 e. The van der Waals surface area contributed by atoms with Crippen LogP contribution in [0, 0.1) is 0 Å². The van der Waals surface area contributed by atoms with Crippen LogP contribution >= 0.6 is 0 Å². The number of rotatable bonds is 8. The fraction of sp³-hybridized carbons (Fsp3) is 0.538. The Morgan fingerprint density at radius 2 is 1.60 bits per heavy atom. The molecule has 0 aromatic rings. The van der Waals surface area contributed by atoms with E-state index >= 15 is 0 Å². The summed E-state index contributed by atoms with van der Waals surface area (Å²) in [5.41, 5.74) is 0. The molecular weight excluding hydrogens is 188 g/mol. The van der Waals surface area contributed by atoms with Crippen molar-refractivity contribution in [3.05, 3.63) is 37.0 Å². The van der Waals surface area contributed by atoms with Gasteiger partial charge in [0.25, 0.3) is 0 Å². The number of aliphatic hydroxyl groups is 2. The Bertz CT molecular complexity index is 207. The van der Waals surface area contributed by atoms with Gasteiger partial charge in [0.15, 0.2) is 0 Å².